The zero-order valence-corrected chi connectivity index (χ0v) is 25.4. The second-order valence-electron chi connectivity index (χ2n) is 12.5. The number of morpholine rings is 1. The van der Waals surface area contributed by atoms with Gasteiger partial charge in [-0.3, -0.25) is 29.4 Å². The molecule has 0 radical (unpaired) electrons. The molecule has 1 aromatic carbocycles. The highest BCUT2D eigenvalue weighted by atomic mass is 16.6. The van der Waals surface area contributed by atoms with Gasteiger partial charge in [-0.15, -0.1) is 0 Å². The second-order valence-corrected chi connectivity index (χ2v) is 12.5. The number of nitrogens with zero attached hydrogens (tertiary/aromatic N) is 1. The van der Waals surface area contributed by atoms with E-state index in [4.69, 9.17) is 14.2 Å². The van der Waals surface area contributed by atoms with Crippen molar-refractivity contribution in [3.63, 3.8) is 0 Å². The highest BCUT2D eigenvalue weighted by Gasteiger charge is 2.50. The molecular formula is C31H43N5O8. The van der Waals surface area contributed by atoms with Crippen LogP contribution in [0.15, 0.2) is 18.2 Å². The first kappa shape index (κ1) is 31.9. The first-order valence-corrected chi connectivity index (χ1v) is 15.5. The molecule has 4 amide bonds. The van der Waals surface area contributed by atoms with Crippen molar-refractivity contribution in [3.05, 3.63) is 29.3 Å². The second kappa shape index (κ2) is 14.0. The minimum atomic E-state index is -1.04. The third kappa shape index (κ3) is 8.33. The molecule has 3 heterocycles. The first-order valence-electron chi connectivity index (χ1n) is 15.5. The largest absolute Gasteiger partial charge is 0.444 e. The lowest BCUT2D eigenvalue weighted by Gasteiger charge is -2.28. The average Bonchev–Trinajstić information content (AvgIpc) is 3.54. The van der Waals surface area contributed by atoms with Crippen LogP contribution in [0, 0.1) is 5.92 Å². The highest BCUT2D eigenvalue weighted by Crippen LogP contribution is 2.33. The molecule has 1 aliphatic carbocycles. The number of ketones is 1. The van der Waals surface area contributed by atoms with Gasteiger partial charge >= 0.3 is 6.09 Å². The number of benzene rings is 1. The van der Waals surface area contributed by atoms with Gasteiger partial charge in [-0.25, -0.2) is 4.79 Å². The number of carbonyl (C=O) groups is 5. The molecule has 2 saturated heterocycles. The number of amides is 4. The minimum absolute atomic E-state index is 0.0843. The van der Waals surface area contributed by atoms with Crippen molar-refractivity contribution in [3.8, 4) is 0 Å². The summed E-state index contributed by atoms with van der Waals surface area (Å²) < 4.78 is 15.8. The SMILES string of the molecule is C[C@H](NC(=O)CN1CCOCC1)C(=O)NC(Cc1ccc2c(c1)COC(=O)N2)C(=O)N[C@@H](CC1CCCC1)C(=O)[C@@]1(C)CO1. The van der Waals surface area contributed by atoms with E-state index in [1.54, 1.807) is 26.0 Å². The predicted molar refractivity (Wildman–Crippen MR) is 159 cm³/mol. The predicted octanol–water partition coefficient (Wildman–Crippen LogP) is 1.04. The van der Waals surface area contributed by atoms with Crippen molar-refractivity contribution < 1.29 is 38.2 Å². The van der Waals surface area contributed by atoms with Crippen LogP contribution in [0.2, 0.25) is 0 Å². The number of fused-ring (bicyclic) bond motifs is 1. The van der Waals surface area contributed by atoms with E-state index in [2.05, 4.69) is 21.3 Å². The van der Waals surface area contributed by atoms with Crippen LogP contribution >= 0.6 is 0 Å². The molecule has 5 rings (SSSR count). The molecule has 4 N–H and O–H groups in total. The van der Waals surface area contributed by atoms with Crippen molar-refractivity contribution in [2.75, 3.05) is 44.8 Å². The van der Waals surface area contributed by atoms with Crippen molar-refractivity contribution in [1.82, 2.24) is 20.9 Å². The molecule has 13 heteroatoms. The van der Waals surface area contributed by atoms with Gasteiger partial charge in [-0.05, 0) is 37.8 Å². The molecule has 44 heavy (non-hydrogen) atoms. The molecule has 4 atom stereocenters. The van der Waals surface area contributed by atoms with Crippen LogP contribution in [0.4, 0.5) is 10.5 Å². The van der Waals surface area contributed by atoms with Crippen LogP contribution in [0.5, 0.6) is 0 Å². The number of carbonyl (C=O) groups excluding carboxylic acids is 5. The number of hydrogen-bond donors (Lipinski definition) is 4. The first-order chi connectivity index (χ1) is 21.1. The number of nitrogens with one attached hydrogen (secondary N) is 4. The summed E-state index contributed by atoms with van der Waals surface area (Å²) in [6.45, 7) is 6.22. The number of anilines is 1. The lowest BCUT2D eigenvalue weighted by atomic mass is 9.90. The summed E-state index contributed by atoms with van der Waals surface area (Å²) in [5.74, 6) is -1.14. The van der Waals surface area contributed by atoms with Gasteiger partial charge in [0, 0.05) is 25.1 Å². The summed E-state index contributed by atoms with van der Waals surface area (Å²) in [7, 11) is 0. The lowest BCUT2D eigenvalue weighted by Crippen LogP contribution is -2.57. The third-order valence-electron chi connectivity index (χ3n) is 8.85. The molecule has 13 nitrogen and oxygen atoms in total. The van der Waals surface area contributed by atoms with Crippen LogP contribution in [-0.4, -0.2) is 97.7 Å². The molecule has 1 saturated carbocycles. The van der Waals surface area contributed by atoms with Crippen LogP contribution in [0.3, 0.4) is 0 Å². The third-order valence-corrected chi connectivity index (χ3v) is 8.85. The number of cyclic esters (lactones) is 1. The van der Waals surface area contributed by atoms with Gasteiger partial charge in [0.1, 0.15) is 24.3 Å². The van der Waals surface area contributed by atoms with Crippen molar-refractivity contribution in [1.29, 1.82) is 0 Å². The van der Waals surface area contributed by atoms with Gasteiger partial charge in [0.25, 0.3) is 0 Å². The number of ether oxygens (including phenoxy) is 3. The fourth-order valence-electron chi connectivity index (χ4n) is 6.06. The van der Waals surface area contributed by atoms with E-state index in [9.17, 15) is 24.0 Å². The van der Waals surface area contributed by atoms with Crippen molar-refractivity contribution in [2.24, 2.45) is 5.92 Å². The van der Waals surface area contributed by atoms with Gasteiger partial charge in [0.15, 0.2) is 5.78 Å². The van der Waals surface area contributed by atoms with Crippen LogP contribution < -0.4 is 21.3 Å². The van der Waals surface area contributed by atoms with Gasteiger partial charge in [0.05, 0.1) is 38.1 Å². The molecule has 1 aromatic rings. The standard InChI is InChI=1S/C31H43N5O8/c1-19(32-26(37)16-36-9-11-42-12-10-36)28(39)34-25(15-21-7-8-23-22(13-21)17-43-30(41)35-23)29(40)33-24(14-20-5-3-4-6-20)27(38)31(2)18-44-31/h7-8,13,19-20,24-25H,3-6,9-12,14-18H2,1-2H3,(H,32,37)(H,33,40)(H,34,39)(H,35,41)/t19-,24-,25?,31+/m0/s1. The Morgan fingerprint density at radius 3 is 2.45 bits per heavy atom. The van der Waals surface area contributed by atoms with E-state index in [-0.39, 0.29) is 31.3 Å². The Labute approximate surface area is 257 Å². The Morgan fingerprint density at radius 1 is 1.05 bits per heavy atom. The summed E-state index contributed by atoms with van der Waals surface area (Å²) >= 11 is 0. The fourth-order valence-corrected chi connectivity index (χ4v) is 6.06. The summed E-state index contributed by atoms with van der Waals surface area (Å²) in [6, 6.07) is 2.63. The maximum Gasteiger partial charge on any atom is 0.411 e. The summed E-state index contributed by atoms with van der Waals surface area (Å²) in [5, 5.41) is 11.1. The summed E-state index contributed by atoms with van der Waals surface area (Å²) in [6.07, 6.45) is 4.32. The molecule has 3 fully saturated rings. The molecule has 0 aromatic heterocycles. The highest BCUT2D eigenvalue weighted by molar-refractivity contribution is 5.98. The molecule has 1 unspecified atom stereocenters. The normalized spacial score (nSPS) is 23.7. The van der Waals surface area contributed by atoms with Gasteiger partial charge in [-0.1, -0.05) is 37.8 Å². The van der Waals surface area contributed by atoms with Crippen molar-refractivity contribution in [2.45, 2.75) is 82.7 Å². The topological polar surface area (TPSA) is 168 Å². The molecule has 3 aliphatic heterocycles. The Balaban J connectivity index is 1.29. The number of hydrogen-bond acceptors (Lipinski definition) is 9. The Bertz CT molecular complexity index is 1260. The maximum atomic E-state index is 13.9. The average molecular weight is 614 g/mol. The van der Waals surface area contributed by atoms with E-state index >= 15 is 0 Å². The Kier molecular flexibility index (Phi) is 10.2. The van der Waals surface area contributed by atoms with Crippen molar-refractivity contribution >= 4 is 35.3 Å². The van der Waals surface area contributed by atoms with E-state index in [0.717, 1.165) is 36.8 Å². The van der Waals surface area contributed by atoms with Gasteiger partial charge < -0.3 is 30.2 Å². The number of Topliss-reactive ketones (excluding diaryl/α,β-unsaturated/α-hetero) is 1. The minimum Gasteiger partial charge on any atom is -0.444 e. The summed E-state index contributed by atoms with van der Waals surface area (Å²) in [5.41, 5.74) is 1.18. The van der Waals surface area contributed by atoms with E-state index in [1.165, 1.54) is 0 Å². The smallest absolute Gasteiger partial charge is 0.411 e. The van der Waals surface area contributed by atoms with E-state index in [1.807, 2.05) is 11.0 Å². The van der Waals surface area contributed by atoms with Gasteiger partial charge in [-0.2, -0.15) is 0 Å². The number of epoxide rings is 1. The quantitative estimate of drug-likeness (QED) is 0.238. The monoisotopic (exact) mass is 613 g/mol. The van der Waals surface area contributed by atoms with Gasteiger partial charge in [0.2, 0.25) is 17.7 Å². The molecule has 240 valence electrons. The van der Waals surface area contributed by atoms with E-state index in [0.29, 0.717) is 50.9 Å². The Hall–Kier alpha value is -3.55. The van der Waals surface area contributed by atoms with E-state index < -0.39 is 41.6 Å². The lowest BCUT2D eigenvalue weighted by molar-refractivity contribution is -0.134. The fraction of sp³-hybridized carbons (Fsp3) is 0.645. The van der Waals surface area contributed by atoms with Crippen LogP contribution in [-0.2, 0) is 46.4 Å². The maximum absolute atomic E-state index is 13.9. The summed E-state index contributed by atoms with van der Waals surface area (Å²) in [4.78, 5) is 66.8. The Morgan fingerprint density at radius 2 is 1.75 bits per heavy atom. The molecule has 4 aliphatic rings. The molecular weight excluding hydrogens is 570 g/mol. The van der Waals surface area contributed by atoms with Crippen LogP contribution in [0.1, 0.15) is 57.1 Å². The zero-order valence-electron chi connectivity index (χ0n) is 25.4. The van der Waals surface area contributed by atoms with Crippen LogP contribution in [0.25, 0.3) is 0 Å². The number of rotatable bonds is 13. The zero-order chi connectivity index (χ0) is 31.3. The molecule has 0 spiro atoms. The molecule has 0 bridgehead atoms.